The molecule has 0 bridgehead atoms. The van der Waals surface area contributed by atoms with Crippen LogP contribution in [-0.4, -0.2) is 19.6 Å². The third-order valence-corrected chi connectivity index (χ3v) is 5.95. The number of ether oxygens (including phenoxy) is 2. The van der Waals surface area contributed by atoms with Crippen molar-refractivity contribution in [3.8, 4) is 22.6 Å². The summed E-state index contributed by atoms with van der Waals surface area (Å²) in [5.41, 5.74) is 3.50. The van der Waals surface area contributed by atoms with Crippen molar-refractivity contribution in [1.29, 1.82) is 0 Å². The van der Waals surface area contributed by atoms with Crippen LogP contribution in [0.1, 0.15) is 68.6 Å². The summed E-state index contributed by atoms with van der Waals surface area (Å²) in [5, 5.41) is 2.95. The molecule has 3 rings (SSSR count). The smallest absolute Gasteiger partial charge is 0.255 e. The molecule has 180 valence electrons. The van der Waals surface area contributed by atoms with Crippen LogP contribution in [0.4, 0.5) is 5.69 Å². The molecule has 0 radical (unpaired) electrons. The van der Waals surface area contributed by atoms with Crippen LogP contribution in [0, 0.1) is 0 Å². The molecule has 0 unspecified atom stereocenters. The number of nitrogens with one attached hydrogen (secondary N) is 1. The van der Waals surface area contributed by atoms with Crippen LogP contribution in [0.15, 0.2) is 72.8 Å². The number of unbranched alkanes of at least 4 members (excludes halogenated alkanes) is 7. The number of anilines is 1. The lowest BCUT2D eigenvalue weighted by atomic mass is 10.0. The molecule has 34 heavy (non-hydrogen) atoms. The molecule has 4 nitrogen and oxygen atoms in total. The number of hydrogen-bond acceptors (Lipinski definition) is 3. The summed E-state index contributed by atoms with van der Waals surface area (Å²) < 4.78 is 11.1. The highest BCUT2D eigenvalue weighted by atomic mass is 16.5. The minimum atomic E-state index is -0.131. The van der Waals surface area contributed by atoms with Gasteiger partial charge in [-0.2, -0.15) is 0 Å². The summed E-state index contributed by atoms with van der Waals surface area (Å²) in [4.78, 5) is 12.6. The maximum atomic E-state index is 12.6. The summed E-state index contributed by atoms with van der Waals surface area (Å²) in [7, 11) is 1.65. The zero-order chi connectivity index (χ0) is 24.0. The predicted molar refractivity (Wildman–Crippen MR) is 141 cm³/mol. The van der Waals surface area contributed by atoms with Crippen LogP contribution >= 0.6 is 0 Å². The van der Waals surface area contributed by atoms with Gasteiger partial charge in [0.1, 0.15) is 11.5 Å². The van der Waals surface area contributed by atoms with E-state index in [0.717, 1.165) is 41.3 Å². The Labute approximate surface area is 204 Å². The number of methoxy groups -OCH3 is 1. The summed E-state index contributed by atoms with van der Waals surface area (Å²) in [5.74, 6) is 1.53. The molecular formula is C30H37NO3. The van der Waals surface area contributed by atoms with E-state index in [1.807, 2.05) is 72.8 Å². The van der Waals surface area contributed by atoms with E-state index < -0.39 is 0 Å². The van der Waals surface area contributed by atoms with Crippen molar-refractivity contribution in [1.82, 2.24) is 0 Å². The van der Waals surface area contributed by atoms with E-state index in [-0.39, 0.29) is 5.91 Å². The minimum absolute atomic E-state index is 0.131. The van der Waals surface area contributed by atoms with Gasteiger partial charge in [-0.05, 0) is 66.1 Å². The van der Waals surface area contributed by atoms with Crippen molar-refractivity contribution < 1.29 is 14.3 Å². The molecular weight excluding hydrogens is 422 g/mol. The van der Waals surface area contributed by atoms with Gasteiger partial charge in [0.05, 0.1) is 13.7 Å². The molecule has 3 aromatic carbocycles. The van der Waals surface area contributed by atoms with Gasteiger partial charge in [-0.3, -0.25) is 4.79 Å². The molecule has 0 fully saturated rings. The first-order valence-electron chi connectivity index (χ1n) is 12.5. The summed E-state index contributed by atoms with van der Waals surface area (Å²) in [6.07, 6.45) is 10.3. The Balaban J connectivity index is 1.40. The first kappa shape index (κ1) is 25.4. The molecule has 3 aromatic rings. The van der Waals surface area contributed by atoms with Crippen LogP contribution in [0.2, 0.25) is 0 Å². The lowest BCUT2D eigenvalue weighted by Gasteiger charge is -2.09. The third-order valence-electron chi connectivity index (χ3n) is 5.95. The number of rotatable bonds is 14. The van der Waals surface area contributed by atoms with Crippen LogP contribution in [0.5, 0.6) is 11.5 Å². The zero-order valence-corrected chi connectivity index (χ0v) is 20.5. The molecule has 0 aliphatic heterocycles. The third kappa shape index (κ3) is 8.26. The van der Waals surface area contributed by atoms with Crippen molar-refractivity contribution in [2.75, 3.05) is 19.0 Å². The Kier molecular flexibility index (Phi) is 10.5. The molecule has 0 aliphatic rings. The Bertz CT molecular complexity index is 979. The van der Waals surface area contributed by atoms with E-state index in [1.165, 1.54) is 44.9 Å². The average Bonchev–Trinajstić information content (AvgIpc) is 2.89. The van der Waals surface area contributed by atoms with Crippen molar-refractivity contribution >= 4 is 11.6 Å². The van der Waals surface area contributed by atoms with Crippen molar-refractivity contribution in [2.24, 2.45) is 0 Å². The van der Waals surface area contributed by atoms with Gasteiger partial charge in [0.15, 0.2) is 0 Å². The molecule has 0 saturated carbocycles. The summed E-state index contributed by atoms with van der Waals surface area (Å²) in [6, 6.07) is 23.1. The minimum Gasteiger partial charge on any atom is -0.497 e. The average molecular weight is 460 g/mol. The van der Waals surface area contributed by atoms with E-state index in [4.69, 9.17) is 9.47 Å². The van der Waals surface area contributed by atoms with Gasteiger partial charge in [0.25, 0.3) is 5.91 Å². The number of hydrogen-bond donors (Lipinski definition) is 1. The fourth-order valence-corrected chi connectivity index (χ4v) is 3.86. The van der Waals surface area contributed by atoms with E-state index in [0.29, 0.717) is 5.56 Å². The second-order valence-corrected chi connectivity index (χ2v) is 8.61. The van der Waals surface area contributed by atoms with Crippen LogP contribution in [-0.2, 0) is 0 Å². The Morgan fingerprint density at radius 2 is 1.21 bits per heavy atom. The maximum absolute atomic E-state index is 12.6. The topological polar surface area (TPSA) is 47.6 Å². The second kappa shape index (κ2) is 14.1. The summed E-state index contributed by atoms with van der Waals surface area (Å²) in [6.45, 7) is 2.99. The second-order valence-electron chi connectivity index (χ2n) is 8.61. The van der Waals surface area contributed by atoms with E-state index in [9.17, 15) is 4.79 Å². The fraction of sp³-hybridized carbons (Fsp3) is 0.367. The molecule has 0 aromatic heterocycles. The van der Waals surface area contributed by atoms with Crippen LogP contribution in [0.25, 0.3) is 11.1 Å². The van der Waals surface area contributed by atoms with Gasteiger partial charge in [0, 0.05) is 11.3 Å². The molecule has 1 amide bonds. The SMILES string of the molecule is CCCCCCCCCCOc1ccc(NC(=O)c2ccc(-c3ccc(OC)cc3)cc2)cc1. The Morgan fingerprint density at radius 3 is 1.79 bits per heavy atom. The number of benzene rings is 3. The van der Waals surface area contributed by atoms with E-state index in [2.05, 4.69) is 12.2 Å². The predicted octanol–water partition coefficient (Wildman–Crippen LogP) is 8.13. The summed E-state index contributed by atoms with van der Waals surface area (Å²) >= 11 is 0. The largest absolute Gasteiger partial charge is 0.497 e. The first-order valence-corrected chi connectivity index (χ1v) is 12.5. The van der Waals surface area contributed by atoms with Crippen LogP contribution < -0.4 is 14.8 Å². The molecule has 0 saturated heterocycles. The van der Waals surface area contributed by atoms with Gasteiger partial charge in [-0.1, -0.05) is 76.1 Å². The molecule has 1 N–H and O–H groups in total. The highest BCUT2D eigenvalue weighted by molar-refractivity contribution is 6.04. The van der Waals surface area contributed by atoms with Crippen molar-refractivity contribution in [3.63, 3.8) is 0 Å². The van der Waals surface area contributed by atoms with Gasteiger partial charge >= 0.3 is 0 Å². The maximum Gasteiger partial charge on any atom is 0.255 e. The molecule has 0 spiro atoms. The van der Waals surface area contributed by atoms with E-state index in [1.54, 1.807) is 7.11 Å². The zero-order valence-electron chi connectivity index (χ0n) is 20.5. The molecule has 4 heteroatoms. The highest BCUT2D eigenvalue weighted by Crippen LogP contribution is 2.23. The molecule has 0 heterocycles. The van der Waals surface area contributed by atoms with Crippen molar-refractivity contribution in [2.45, 2.75) is 58.3 Å². The lowest BCUT2D eigenvalue weighted by Crippen LogP contribution is -2.11. The van der Waals surface area contributed by atoms with E-state index >= 15 is 0 Å². The first-order chi connectivity index (χ1) is 16.7. The normalized spacial score (nSPS) is 10.6. The quantitative estimate of drug-likeness (QED) is 0.248. The fourth-order valence-electron chi connectivity index (χ4n) is 3.86. The van der Waals surface area contributed by atoms with Gasteiger partial charge in [-0.15, -0.1) is 0 Å². The van der Waals surface area contributed by atoms with Crippen molar-refractivity contribution in [3.05, 3.63) is 78.4 Å². The molecule has 0 atom stereocenters. The van der Waals surface area contributed by atoms with Gasteiger partial charge in [0.2, 0.25) is 0 Å². The lowest BCUT2D eigenvalue weighted by molar-refractivity contribution is 0.102. The highest BCUT2D eigenvalue weighted by Gasteiger charge is 2.07. The number of carbonyl (C=O) groups excluding carboxylic acids is 1. The Morgan fingerprint density at radius 1 is 0.676 bits per heavy atom. The standard InChI is InChI=1S/C30H37NO3/c1-3-4-5-6-7-8-9-10-23-34-29-21-17-27(18-22-29)31-30(32)26-13-11-24(12-14-26)25-15-19-28(33-2)20-16-25/h11-22H,3-10,23H2,1-2H3,(H,31,32). The van der Waals surface area contributed by atoms with Crippen LogP contribution in [0.3, 0.4) is 0 Å². The Hall–Kier alpha value is -3.27. The molecule has 0 aliphatic carbocycles. The number of carbonyl (C=O) groups is 1. The van der Waals surface area contributed by atoms with Gasteiger partial charge in [-0.25, -0.2) is 0 Å². The number of amides is 1. The monoisotopic (exact) mass is 459 g/mol. The van der Waals surface area contributed by atoms with Gasteiger partial charge < -0.3 is 14.8 Å².